The van der Waals surface area contributed by atoms with Crippen molar-refractivity contribution in [1.29, 1.82) is 0 Å². The van der Waals surface area contributed by atoms with Gasteiger partial charge in [-0.25, -0.2) is 0 Å². The molecule has 1 heterocycles. The van der Waals surface area contributed by atoms with Gasteiger partial charge in [0.15, 0.2) is 5.96 Å². The summed E-state index contributed by atoms with van der Waals surface area (Å²) in [7, 11) is 2.02. The van der Waals surface area contributed by atoms with Gasteiger partial charge < -0.3 is 15.4 Å². The molecule has 0 aliphatic carbocycles. The second-order valence-electron chi connectivity index (χ2n) is 4.18. The van der Waals surface area contributed by atoms with Crippen LogP contribution in [0.3, 0.4) is 0 Å². The van der Waals surface area contributed by atoms with Gasteiger partial charge in [-0.05, 0) is 25.2 Å². The molecule has 1 aliphatic rings. The predicted molar refractivity (Wildman–Crippen MR) is 63.0 cm³/mol. The lowest BCUT2D eigenvalue weighted by Crippen LogP contribution is -2.39. The molecule has 0 radical (unpaired) electrons. The molecular weight excluding hydrogens is 190 g/mol. The smallest absolute Gasteiger partial charge is 0.190 e. The van der Waals surface area contributed by atoms with Crippen LogP contribution in [-0.2, 0) is 4.74 Å². The van der Waals surface area contributed by atoms with Crippen molar-refractivity contribution in [2.75, 3.05) is 33.4 Å². The van der Waals surface area contributed by atoms with Crippen LogP contribution in [0.15, 0.2) is 4.99 Å². The SMILES string of the molecule is CCCN=C(N)N(C)CC1CCOCC1. The molecule has 0 atom stereocenters. The predicted octanol–water partition coefficient (Wildman–Crippen LogP) is 1.07. The fraction of sp³-hybridized carbons (Fsp3) is 0.909. The van der Waals surface area contributed by atoms with Crippen molar-refractivity contribution in [2.45, 2.75) is 26.2 Å². The molecule has 0 unspecified atom stereocenters. The third kappa shape index (κ3) is 4.51. The number of aliphatic imine (C=N–C) groups is 1. The van der Waals surface area contributed by atoms with Crippen LogP contribution in [0, 0.1) is 5.92 Å². The zero-order valence-electron chi connectivity index (χ0n) is 9.91. The zero-order valence-corrected chi connectivity index (χ0v) is 9.91. The molecule has 0 saturated carbocycles. The topological polar surface area (TPSA) is 50.8 Å². The first-order chi connectivity index (χ1) is 7.24. The van der Waals surface area contributed by atoms with Gasteiger partial charge >= 0.3 is 0 Å². The Kier molecular flexibility index (Phi) is 5.47. The molecule has 0 amide bonds. The molecular formula is C11H23N3O. The Balaban J connectivity index is 2.29. The van der Waals surface area contributed by atoms with Crippen molar-refractivity contribution in [2.24, 2.45) is 16.6 Å². The van der Waals surface area contributed by atoms with Crippen molar-refractivity contribution in [3.8, 4) is 0 Å². The average molecular weight is 213 g/mol. The maximum atomic E-state index is 5.87. The lowest BCUT2D eigenvalue weighted by Gasteiger charge is -2.27. The van der Waals surface area contributed by atoms with Gasteiger partial charge in [-0.3, -0.25) is 4.99 Å². The van der Waals surface area contributed by atoms with Crippen LogP contribution in [0.4, 0.5) is 0 Å². The van der Waals surface area contributed by atoms with Crippen LogP contribution < -0.4 is 5.73 Å². The molecule has 0 bridgehead atoms. The van der Waals surface area contributed by atoms with E-state index in [0.29, 0.717) is 11.9 Å². The maximum Gasteiger partial charge on any atom is 0.190 e. The number of nitrogens with zero attached hydrogens (tertiary/aromatic N) is 2. The van der Waals surface area contributed by atoms with E-state index in [2.05, 4.69) is 16.8 Å². The van der Waals surface area contributed by atoms with E-state index >= 15 is 0 Å². The van der Waals surface area contributed by atoms with Gasteiger partial charge in [-0.2, -0.15) is 0 Å². The summed E-state index contributed by atoms with van der Waals surface area (Å²) in [4.78, 5) is 6.36. The second kappa shape index (κ2) is 6.67. The summed E-state index contributed by atoms with van der Waals surface area (Å²) in [6.45, 7) is 5.72. The number of hydrogen-bond donors (Lipinski definition) is 1. The van der Waals surface area contributed by atoms with Crippen molar-refractivity contribution in [3.63, 3.8) is 0 Å². The highest BCUT2D eigenvalue weighted by molar-refractivity contribution is 5.77. The van der Waals surface area contributed by atoms with Crippen LogP contribution >= 0.6 is 0 Å². The van der Waals surface area contributed by atoms with E-state index in [-0.39, 0.29) is 0 Å². The van der Waals surface area contributed by atoms with E-state index < -0.39 is 0 Å². The Morgan fingerprint density at radius 2 is 2.13 bits per heavy atom. The molecule has 88 valence electrons. The summed E-state index contributed by atoms with van der Waals surface area (Å²) in [5, 5.41) is 0. The van der Waals surface area contributed by atoms with Crippen molar-refractivity contribution >= 4 is 5.96 Å². The van der Waals surface area contributed by atoms with Gasteiger partial charge in [0.05, 0.1) is 0 Å². The minimum absolute atomic E-state index is 0.670. The van der Waals surface area contributed by atoms with Gasteiger partial charge in [0.2, 0.25) is 0 Å². The first-order valence-corrected chi connectivity index (χ1v) is 5.82. The number of hydrogen-bond acceptors (Lipinski definition) is 2. The Hall–Kier alpha value is -0.770. The van der Waals surface area contributed by atoms with Gasteiger partial charge in [-0.15, -0.1) is 0 Å². The van der Waals surface area contributed by atoms with Gasteiger partial charge in [0.25, 0.3) is 0 Å². The van der Waals surface area contributed by atoms with E-state index in [1.165, 1.54) is 0 Å². The summed E-state index contributed by atoms with van der Waals surface area (Å²) < 4.78 is 5.33. The highest BCUT2D eigenvalue weighted by Crippen LogP contribution is 2.15. The third-order valence-corrected chi connectivity index (χ3v) is 2.76. The highest BCUT2D eigenvalue weighted by atomic mass is 16.5. The summed E-state index contributed by atoms with van der Waals surface area (Å²) in [6.07, 6.45) is 3.34. The summed E-state index contributed by atoms with van der Waals surface area (Å²) in [5.41, 5.74) is 5.87. The molecule has 1 fully saturated rings. The van der Waals surface area contributed by atoms with Gasteiger partial charge in [0.1, 0.15) is 0 Å². The van der Waals surface area contributed by atoms with E-state index in [0.717, 1.165) is 45.6 Å². The second-order valence-corrected chi connectivity index (χ2v) is 4.18. The standard InChI is InChI=1S/C11H23N3O/c1-3-6-13-11(12)14(2)9-10-4-7-15-8-5-10/h10H,3-9H2,1-2H3,(H2,12,13). The number of nitrogens with two attached hydrogens (primary N) is 1. The molecule has 15 heavy (non-hydrogen) atoms. The lowest BCUT2D eigenvalue weighted by atomic mass is 10.00. The van der Waals surface area contributed by atoms with E-state index in [1.54, 1.807) is 0 Å². The van der Waals surface area contributed by atoms with Crippen LogP contribution in [0.2, 0.25) is 0 Å². The summed E-state index contributed by atoms with van der Waals surface area (Å²) in [6, 6.07) is 0. The third-order valence-electron chi connectivity index (χ3n) is 2.76. The Labute approximate surface area is 92.5 Å². The van der Waals surface area contributed by atoms with Crippen LogP contribution in [0.1, 0.15) is 26.2 Å². The summed E-state index contributed by atoms with van der Waals surface area (Å²) >= 11 is 0. The zero-order chi connectivity index (χ0) is 11.1. The number of guanidine groups is 1. The lowest BCUT2D eigenvalue weighted by molar-refractivity contribution is 0.0611. The molecule has 1 rings (SSSR count). The van der Waals surface area contributed by atoms with Crippen molar-refractivity contribution < 1.29 is 4.74 Å². The molecule has 4 nitrogen and oxygen atoms in total. The fourth-order valence-corrected chi connectivity index (χ4v) is 1.76. The average Bonchev–Trinajstić information content (AvgIpc) is 2.27. The van der Waals surface area contributed by atoms with Crippen LogP contribution in [0.5, 0.6) is 0 Å². The molecule has 0 spiro atoms. The van der Waals surface area contributed by atoms with E-state index in [9.17, 15) is 0 Å². The molecule has 1 aliphatic heterocycles. The molecule has 1 saturated heterocycles. The minimum atomic E-state index is 0.670. The first kappa shape index (κ1) is 12.3. The van der Waals surface area contributed by atoms with E-state index in [1.807, 2.05) is 7.05 Å². The maximum absolute atomic E-state index is 5.87. The van der Waals surface area contributed by atoms with Gasteiger partial charge in [0, 0.05) is 33.4 Å². The quantitative estimate of drug-likeness (QED) is 0.561. The molecule has 2 N–H and O–H groups in total. The Bertz CT molecular complexity index is 200. The summed E-state index contributed by atoms with van der Waals surface area (Å²) in [5.74, 6) is 1.38. The molecule has 0 aromatic heterocycles. The molecule has 0 aromatic rings. The monoisotopic (exact) mass is 213 g/mol. The Morgan fingerprint density at radius 1 is 1.47 bits per heavy atom. The van der Waals surface area contributed by atoms with Gasteiger partial charge in [-0.1, -0.05) is 6.92 Å². The minimum Gasteiger partial charge on any atom is -0.381 e. The highest BCUT2D eigenvalue weighted by Gasteiger charge is 2.16. The fourth-order valence-electron chi connectivity index (χ4n) is 1.76. The van der Waals surface area contributed by atoms with Crippen LogP contribution in [-0.4, -0.2) is 44.2 Å². The number of ether oxygens (including phenoxy) is 1. The number of rotatable bonds is 4. The normalized spacial score (nSPS) is 19.2. The van der Waals surface area contributed by atoms with E-state index in [4.69, 9.17) is 10.5 Å². The molecule has 0 aromatic carbocycles. The largest absolute Gasteiger partial charge is 0.381 e. The molecule has 4 heteroatoms. The van der Waals surface area contributed by atoms with Crippen molar-refractivity contribution in [3.05, 3.63) is 0 Å². The first-order valence-electron chi connectivity index (χ1n) is 5.82. The van der Waals surface area contributed by atoms with Crippen molar-refractivity contribution in [1.82, 2.24) is 4.90 Å². The Morgan fingerprint density at radius 3 is 2.73 bits per heavy atom. The van der Waals surface area contributed by atoms with Crippen LogP contribution in [0.25, 0.3) is 0 Å².